The van der Waals surface area contributed by atoms with E-state index >= 15 is 0 Å². The van der Waals surface area contributed by atoms with Gasteiger partial charge in [0.15, 0.2) is 0 Å². The summed E-state index contributed by atoms with van der Waals surface area (Å²) in [6, 6.07) is 62.9. The van der Waals surface area contributed by atoms with Gasteiger partial charge < -0.3 is 14.4 Å². The largest absolute Gasteiger partial charge is 0.497 e. The lowest BCUT2D eigenvalue weighted by molar-refractivity contribution is 0.415. The van der Waals surface area contributed by atoms with Gasteiger partial charge in [-0.3, -0.25) is 0 Å². The van der Waals surface area contributed by atoms with Gasteiger partial charge in [-0.1, -0.05) is 115 Å². The van der Waals surface area contributed by atoms with E-state index in [0.717, 1.165) is 28.6 Å². The molecule has 0 saturated carbocycles. The Labute approximate surface area is 298 Å². The molecule has 244 valence electrons. The maximum Gasteiger partial charge on any atom is 0.119 e. The van der Waals surface area contributed by atoms with Crippen molar-refractivity contribution in [3.05, 3.63) is 176 Å². The molecule has 0 saturated heterocycles. The minimum Gasteiger partial charge on any atom is -0.497 e. The number of hydrogen-bond acceptors (Lipinski definition) is 3. The molecule has 51 heavy (non-hydrogen) atoms. The second-order valence-corrected chi connectivity index (χ2v) is 12.8. The predicted molar refractivity (Wildman–Crippen MR) is 212 cm³/mol. The second-order valence-electron chi connectivity index (χ2n) is 12.8. The molecule has 0 N–H and O–H groups in total. The van der Waals surface area contributed by atoms with Crippen molar-refractivity contribution in [2.45, 2.75) is 0 Å². The first-order valence-corrected chi connectivity index (χ1v) is 17.2. The Hall–Kier alpha value is -6.58. The highest BCUT2D eigenvalue weighted by molar-refractivity contribution is 6.24. The Morgan fingerprint density at radius 1 is 0.333 bits per heavy atom. The molecule has 0 fully saturated rings. The molecule has 9 rings (SSSR count). The number of nitrogens with zero attached hydrogens (tertiary/aromatic N) is 1. The zero-order chi connectivity index (χ0) is 34.3. The minimum atomic E-state index is 0.822. The maximum absolute atomic E-state index is 5.47. The second kappa shape index (κ2) is 12.7. The van der Waals surface area contributed by atoms with Gasteiger partial charge in [-0.15, -0.1) is 0 Å². The SMILES string of the molecule is COc1ccc(N(c2ccc(OC)cc2)c2ccc(-c3ccc4cccc5c4c3-c3c(-c4ccccc4)ccc(-c4ccccc4)c3-5)cc2)cc1. The third-order valence-corrected chi connectivity index (χ3v) is 10.0. The van der Waals surface area contributed by atoms with Crippen LogP contribution in [0.15, 0.2) is 176 Å². The summed E-state index contributed by atoms with van der Waals surface area (Å²) in [7, 11) is 3.39. The van der Waals surface area contributed by atoms with Crippen molar-refractivity contribution in [1.82, 2.24) is 0 Å². The van der Waals surface area contributed by atoms with Crippen LogP contribution in [0.4, 0.5) is 17.1 Å². The van der Waals surface area contributed by atoms with Crippen molar-refractivity contribution in [3.63, 3.8) is 0 Å². The molecule has 0 heterocycles. The Balaban J connectivity index is 1.23. The van der Waals surface area contributed by atoms with Crippen LogP contribution >= 0.6 is 0 Å². The van der Waals surface area contributed by atoms with E-state index in [1.807, 2.05) is 24.3 Å². The van der Waals surface area contributed by atoms with Crippen LogP contribution < -0.4 is 14.4 Å². The van der Waals surface area contributed by atoms with E-state index < -0.39 is 0 Å². The highest BCUT2D eigenvalue weighted by Gasteiger charge is 2.30. The summed E-state index contributed by atoms with van der Waals surface area (Å²) >= 11 is 0. The van der Waals surface area contributed by atoms with Crippen LogP contribution in [-0.4, -0.2) is 14.2 Å². The number of methoxy groups -OCH3 is 2. The molecule has 1 aliphatic carbocycles. The van der Waals surface area contributed by atoms with Gasteiger partial charge in [0.2, 0.25) is 0 Å². The fraction of sp³-hybridized carbons (Fsp3) is 0.0417. The van der Waals surface area contributed by atoms with Crippen molar-refractivity contribution in [3.8, 4) is 67.1 Å². The molecule has 0 radical (unpaired) electrons. The quantitative estimate of drug-likeness (QED) is 0.162. The Kier molecular flexibility index (Phi) is 7.59. The molecular formula is C48H35NO2. The number of rotatable bonds is 8. The fourth-order valence-corrected chi connectivity index (χ4v) is 7.65. The van der Waals surface area contributed by atoms with Gasteiger partial charge in [0.25, 0.3) is 0 Å². The van der Waals surface area contributed by atoms with Gasteiger partial charge in [-0.2, -0.15) is 0 Å². The average molecular weight is 658 g/mol. The summed E-state index contributed by atoms with van der Waals surface area (Å²) in [5, 5.41) is 2.56. The average Bonchev–Trinajstić information content (AvgIpc) is 3.56. The van der Waals surface area contributed by atoms with Gasteiger partial charge >= 0.3 is 0 Å². The number of anilines is 3. The Morgan fingerprint density at radius 3 is 1.31 bits per heavy atom. The molecule has 0 bridgehead atoms. The summed E-state index contributed by atoms with van der Waals surface area (Å²) in [6.45, 7) is 0. The Morgan fingerprint density at radius 2 is 0.784 bits per heavy atom. The molecule has 0 spiro atoms. The van der Waals surface area contributed by atoms with E-state index in [2.05, 4.69) is 157 Å². The van der Waals surface area contributed by atoms with Crippen LogP contribution in [0.2, 0.25) is 0 Å². The maximum atomic E-state index is 5.47. The van der Waals surface area contributed by atoms with Crippen LogP contribution in [0, 0.1) is 0 Å². The predicted octanol–water partition coefficient (Wildman–Crippen LogP) is 13.0. The molecule has 3 heteroatoms. The van der Waals surface area contributed by atoms with Gasteiger partial charge in [0, 0.05) is 17.1 Å². The van der Waals surface area contributed by atoms with Gasteiger partial charge in [-0.05, 0) is 127 Å². The normalized spacial score (nSPS) is 11.3. The van der Waals surface area contributed by atoms with E-state index in [0.29, 0.717) is 0 Å². The first-order chi connectivity index (χ1) is 25.2. The number of hydrogen-bond donors (Lipinski definition) is 0. The summed E-state index contributed by atoms with van der Waals surface area (Å²) < 4.78 is 10.9. The monoisotopic (exact) mass is 657 g/mol. The molecule has 1 aliphatic rings. The smallest absolute Gasteiger partial charge is 0.119 e. The van der Waals surface area contributed by atoms with Gasteiger partial charge in [0.1, 0.15) is 11.5 Å². The van der Waals surface area contributed by atoms with E-state index in [4.69, 9.17) is 9.47 Å². The molecule has 0 unspecified atom stereocenters. The summed E-state index contributed by atoms with van der Waals surface area (Å²) in [4.78, 5) is 2.26. The topological polar surface area (TPSA) is 21.7 Å². The van der Waals surface area contributed by atoms with E-state index in [9.17, 15) is 0 Å². The zero-order valence-corrected chi connectivity index (χ0v) is 28.5. The molecule has 0 aliphatic heterocycles. The lowest BCUT2D eigenvalue weighted by Crippen LogP contribution is -2.09. The van der Waals surface area contributed by atoms with Gasteiger partial charge in [0.05, 0.1) is 14.2 Å². The summed E-state index contributed by atoms with van der Waals surface area (Å²) in [5.74, 6) is 1.64. The minimum absolute atomic E-state index is 0.822. The lowest BCUT2D eigenvalue weighted by Gasteiger charge is -2.26. The van der Waals surface area contributed by atoms with Crippen molar-refractivity contribution >= 4 is 27.8 Å². The van der Waals surface area contributed by atoms with Crippen LogP contribution in [0.3, 0.4) is 0 Å². The van der Waals surface area contributed by atoms with Crippen LogP contribution in [0.1, 0.15) is 0 Å². The first-order valence-electron chi connectivity index (χ1n) is 17.2. The number of ether oxygens (including phenoxy) is 2. The van der Waals surface area contributed by atoms with Crippen molar-refractivity contribution in [2.75, 3.05) is 19.1 Å². The zero-order valence-electron chi connectivity index (χ0n) is 28.5. The van der Waals surface area contributed by atoms with Crippen molar-refractivity contribution in [1.29, 1.82) is 0 Å². The van der Waals surface area contributed by atoms with Crippen molar-refractivity contribution in [2.24, 2.45) is 0 Å². The summed E-state index contributed by atoms with van der Waals surface area (Å²) in [6.07, 6.45) is 0. The van der Waals surface area contributed by atoms with Crippen LogP contribution in [-0.2, 0) is 0 Å². The van der Waals surface area contributed by atoms with E-state index in [1.165, 1.54) is 66.4 Å². The van der Waals surface area contributed by atoms with Crippen LogP contribution in [0.5, 0.6) is 11.5 Å². The molecule has 8 aromatic carbocycles. The lowest BCUT2D eigenvalue weighted by atomic mass is 9.86. The standard InChI is InChI=1S/C48H35NO2/c1-50-39-25-21-37(22-26-39)49(38-23-27-40(51-2)28-24-38)36-19-16-34(17-20-36)42-29-18-35-14-9-15-44-45(35)47(42)48-43(33-12-7-4-8-13-33)31-30-41(46(44)48)32-10-5-3-6-11-32/h3-31H,1-2H3. The fourth-order valence-electron chi connectivity index (χ4n) is 7.65. The number of fused-ring (bicyclic) bond motifs is 3. The molecule has 0 aromatic heterocycles. The molecule has 0 amide bonds. The Bertz CT molecular complexity index is 2460. The highest BCUT2D eigenvalue weighted by atomic mass is 16.5. The number of benzene rings is 8. The van der Waals surface area contributed by atoms with E-state index in [-0.39, 0.29) is 0 Å². The van der Waals surface area contributed by atoms with Crippen LogP contribution in [0.25, 0.3) is 66.4 Å². The third kappa shape index (κ3) is 5.22. The molecule has 0 atom stereocenters. The van der Waals surface area contributed by atoms with Gasteiger partial charge in [-0.25, -0.2) is 0 Å². The first kappa shape index (κ1) is 30.5. The van der Waals surface area contributed by atoms with E-state index in [1.54, 1.807) is 14.2 Å². The highest BCUT2D eigenvalue weighted by Crippen LogP contribution is 2.57. The molecule has 3 nitrogen and oxygen atoms in total. The summed E-state index contributed by atoms with van der Waals surface area (Å²) in [5.41, 5.74) is 15.7. The van der Waals surface area contributed by atoms with Crippen molar-refractivity contribution < 1.29 is 9.47 Å². The third-order valence-electron chi connectivity index (χ3n) is 10.0. The molecular weight excluding hydrogens is 623 g/mol. The molecule has 8 aromatic rings.